The first-order valence-electron chi connectivity index (χ1n) is 9.06. The molecule has 0 saturated heterocycles. The molecule has 0 bridgehead atoms. The first-order valence-corrected chi connectivity index (χ1v) is 9.06. The third-order valence-electron chi connectivity index (χ3n) is 4.64. The monoisotopic (exact) mass is 367 g/mol. The number of fused-ring (bicyclic) bond motifs is 1. The molecule has 1 heterocycles. The molecule has 1 unspecified atom stereocenters. The van der Waals surface area contributed by atoms with Gasteiger partial charge in [0.25, 0.3) is 5.91 Å². The molecule has 0 spiro atoms. The van der Waals surface area contributed by atoms with Gasteiger partial charge in [0.2, 0.25) is 5.91 Å². The Kier molecular flexibility index (Phi) is 6.08. The van der Waals surface area contributed by atoms with E-state index in [1.807, 2.05) is 44.4 Å². The predicted molar refractivity (Wildman–Crippen MR) is 105 cm³/mol. The number of ether oxygens (including phenoxy) is 1. The highest BCUT2D eigenvalue weighted by molar-refractivity contribution is 5.94. The lowest BCUT2D eigenvalue weighted by molar-refractivity contribution is -0.123. The Labute approximate surface area is 159 Å². The lowest BCUT2D eigenvalue weighted by atomic mass is 10.0. The molecule has 2 aromatic rings. The number of likely N-dealkylation sites (N-methyl/N-ethyl adjacent to an activating group) is 1. The number of anilines is 1. The van der Waals surface area contributed by atoms with Crippen LogP contribution in [0.1, 0.15) is 23.6 Å². The van der Waals surface area contributed by atoms with Crippen LogP contribution in [0.3, 0.4) is 0 Å². The van der Waals surface area contributed by atoms with Gasteiger partial charge in [0, 0.05) is 18.7 Å². The van der Waals surface area contributed by atoms with Crippen molar-refractivity contribution in [2.75, 3.05) is 32.6 Å². The molecule has 142 valence electrons. The van der Waals surface area contributed by atoms with E-state index < -0.39 is 0 Å². The van der Waals surface area contributed by atoms with Crippen molar-refractivity contribution in [3.63, 3.8) is 0 Å². The van der Waals surface area contributed by atoms with Crippen molar-refractivity contribution in [1.29, 1.82) is 0 Å². The van der Waals surface area contributed by atoms with E-state index in [4.69, 9.17) is 4.74 Å². The van der Waals surface area contributed by atoms with E-state index >= 15 is 0 Å². The summed E-state index contributed by atoms with van der Waals surface area (Å²) in [5.74, 6) is 0.500. The van der Waals surface area contributed by atoms with E-state index in [-0.39, 0.29) is 24.5 Å². The molecule has 2 aromatic carbocycles. The fourth-order valence-corrected chi connectivity index (χ4v) is 3.13. The fourth-order valence-electron chi connectivity index (χ4n) is 3.13. The molecular weight excluding hydrogens is 342 g/mol. The van der Waals surface area contributed by atoms with Crippen LogP contribution in [0.5, 0.6) is 5.75 Å². The average Bonchev–Trinajstić information content (AvgIpc) is 2.67. The lowest BCUT2D eigenvalue weighted by Crippen LogP contribution is -2.36. The summed E-state index contributed by atoms with van der Waals surface area (Å²) in [5.41, 5.74) is 3.00. The number of aryl methyl sites for hydroxylation is 1. The summed E-state index contributed by atoms with van der Waals surface area (Å²) in [6, 6.07) is 15.6. The van der Waals surface area contributed by atoms with Crippen LogP contribution in [0.4, 0.5) is 5.69 Å². The standard InChI is InChI=1S/C21H25N3O3/c1-24(2)19(15-6-4-3-5-7-15)13-22-21(26)14-27-17-9-10-18-16(12-17)8-11-20(25)23-18/h3-7,9-10,12,19H,8,11,13-14H2,1-2H3,(H,22,26)(H,23,25). The molecule has 1 aliphatic heterocycles. The van der Waals surface area contributed by atoms with Gasteiger partial charge in [-0.1, -0.05) is 30.3 Å². The number of nitrogens with one attached hydrogen (secondary N) is 2. The van der Waals surface area contributed by atoms with Crippen LogP contribution in [-0.4, -0.2) is 44.0 Å². The van der Waals surface area contributed by atoms with E-state index in [9.17, 15) is 9.59 Å². The number of hydrogen-bond donors (Lipinski definition) is 2. The molecule has 0 fully saturated rings. The molecule has 27 heavy (non-hydrogen) atoms. The number of carbonyl (C=O) groups is 2. The summed E-state index contributed by atoms with van der Waals surface area (Å²) >= 11 is 0. The van der Waals surface area contributed by atoms with Crippen LogP contribution < -0.4 is 15.4 Å². The Bertz CT molecular complexity index is 806. The van der Waals surface area contributed by atoms with E-state index in [1.165, 1.54) is 0 Å². The lowest BCUT2D eigenvalue weighted by Gasteiger charge is -2.25. The zero-order valence-electron chi connectivity index (χ0n) is 15.7. The molecule has 1 atom stereocenters. The van der Waals surface area contributed by atoms with Crippen LogP contribution >= 0.6 is 0 Å². The summed E-state index contributed by atoms with van der Waals surface area (Å²) in [6.07, 6.45) is 1.16. The van der Waals surface area contributed by atoms with Crippen LogP contribution in [-0.2, 0) is 16.0 Å². The Morgan fingerprint density at radius 2 is 1.96 bits per heavy atom. The second kappa shape index (κ2) is 8.68. The minimum atomic E-state index is -0.163. The van der Waals surface area contributed by atoms with Crippen molar-refractivity contribution in [2.24, 2.45) is 0 Å². The van der Waals surface area contributed by atoms with Gasteiger partial charge in [0.15, 0.2) is 6.61 Å². The number of hydrogen-bond acceptors (Lipinski definition) is 4. The van der Waals surface area contributed by atoms with Gasteiger partial charge < -0.3 is 20.3 Å². The summed E-state index contributed by atoms with van der Waals surface area (Å²) in [7, 11) is 3.98. The first kappa shape index (κ1) is 18.9. The van der Waals surface area contributed by atoms with Crippen molar-refractivity contribution in [2.45, 2.75) is 18.9 Å². The van der Waals surface area contributed by atoms with Crippen LogP contribution in [0.15, 0.2) is 48.5 Å². The topological polar surface area (TPSA) is 70.7 Å². The summed E-state index contributed by atoms with van der Waals surface area (Å²) in [5, 5.41) is 5.77. The van der Waals surface area contributed by atoms with Gasteiger partial charge in [-0.25, -0.2) is 0 Å². The molecule has 2 N–H and O–H groups in total. The molecule has 0 aliphatic carbocycles. The van der Waals surface area contributed by atoms with Crippen molar-refractivity contribution in [3.05, 3.63) is 59.7 Å². The molecule has 6 nitrogen and oxygen atoms in total. The number of amides is 2. The van der Waals surface area contributed by atoms with Crippen molar-refractivity contribution < 1.29 is 14.3 Å². The predicted octanol–water partition coefficient (Wildman–Crippen LogP) is 2.37. The Morgan fingerprint density at radius 3 is 2.70 bits per heavy atom. The SMILES string of the molecule is CN(C)C(CNC(=O)COc1ccc2c(c1)CCC(=O)N2)c1ccccc1. The molecule has 1 aliphatic rings. The highest BCUT2D eigenvalue weighted by atomic mass is 16.5. The van der Waals surface area contributed by atoms with Gasteiger partial charge in [-0.15, -0.1) is 0 Å². The second-order valence-electron chi connectivity index (χ2n) is 6.85. The number of carbonyl (C=O) groups excluding carboxylic acids is 2. The molecular formula is C21H25N3O3. The average molecular weight is 367 g/mol. The molecule has 3 rings (SSSR count). The van der Waals surface area contributed by atoms with Crippen LogP contribution in [0, 0.1) is 0 Å². The zero-order chi connectivity index (χ0) is 19.2. The van der Waals surface area contributed by atoms with Crippen LogP contribution in [0.25, 0.3) is 0 Å². The van der Waals surface area contributed by atoms with Gasteiger partial charge in [0.05, 0.1) is 6.04 Å². The van der Waals surface area contributed by atoms with Gasteiger partial charge in [0.1, 0.15) is 5.75 Å². The van der Waals surface area contributed by atoms with E-state index in [1.54, 1.807) is 6.07 Å². The zero-order valence-corrected chi connectivity index (χ0v) is 15.7. The Morgan fingerprint density at radius 1 is 1.19 bits per heavy atom. The van der Waals surface area contributed by atoms with E-state index in [0.717, 1.165) is 16.8 Å². The highest BCUT2D eigenvalue weighted by Crippen LogP contribution is 2.26. The molecule has 2 amide bonds. The van der Waals surface area contributed by atoms with Gasteiger partial charge in [-0.3, -0.25) is 9.59 Å². The normalized spacial score (nSPS) is 14.3. The van der Waals surface area contributed by atoms with Crippen molar-refractivity contribution in [1.82, 2.24) is 10.2 Å². The Balaban J connectivity index is 1.51. The maximum Gasteiger partial charge on any atom is 0.258 e. The summed E-state index contributed by atoms with van der Waals surface area (Å²) in [4.78, 5) is 25.7. The summed E-state index contributed by atoms with van der Waals surface area (Å²) < 4.78 is 5.62. The largest absolute Gasteiger partial charge is 0.484 e. The van der Waals surface area contributed by atoms with Gasteiger partial charge in [-0.05, 0) is 49.8 Å². The fraction of sp³-hybridized carbons (Fsp3) is 0.333. The minimum Gasteiger partial charge on any atom is -0.484 e. The number of benzene rings is 2. The third kappa shape index (κ3) is 5.08. The molecule has 6 heteroatoms. The first-order chi connectivity index (χ1) is 13.0. The summed E-state index contributed by atoms with van der Waals surface area (Å²) in [6.45, 7) is 0.468. The van der Waals surface area contributed by atoms with Gasteiger partial charge >= 0.3 is 0 Å². The molecule has 0 saturated carbocycles. The quantitative estimate of drug-likeness (QED) is 0.788. The number of rotatable bonds is 7. The Hall–Kier alpha value is -2.86. The van der Waals surface area contributed by atoms with Gasteiger partial charge in [-0.2, -0.15) is 0 Å². The van der Waals surface area contributed by atoms with Crippen molar-refractivity contribution in [3.8, 4) is 5.75 Å². The molecule has 0 radical (unpaired) electrons. The minimum absolute atomic E-state index is 0.0319. The van der Waals surface area contributed by atoms with E-state index in [0.29, 0.717) is 25.1 Å². The highest BCUT2D eigenvalue weighted by Gasteiger charge is 2.17. The van der Waals surface area contributed by atoms with Crippen LogP contribution in [0.2, 0.25) is 0 Å². The smallest absolute Gasteiger partial charge is 0.258 e. The number of nitrogens with zero attached hydrogens (tertiary/aromatic N) is 1. The third-order valence-corrected chi connectivity index (χ3v) is 4.64. The van der Waals surface area contributed by atoms with Crippen molar-refractivity contribution >= 4 is 17.5 Å². The maximum absolute atomic E-state index is 12.2. The molecule has 0 aromatic heterocycles. The second-order valence-corrected chi connectivity index (χ2v) is 6.85. The van der Waals surface area contributed by atoms with E-state index in [2.05, 4.69) is 27.7 Å². The maximum atomic E-state index is 12.2.